The minimum atomic E-state index is -0.582. The number of hydrogen-bond acceptors (Lipinski definition) is 5. The van der Waals surface area contributed by atoms with Gasteiger partial charge in [-0.3, -0.25) is 19.8 Å². The van der Waals surface area contributed by atoms with Crippen LogP contribution in [0.1, 0.15) is 4.88 Å². The summed E-state index contributed by atoms with van der Waals surface area (Å²) in [7, 11) is 1.84. The largest absolute Gasteiger partial charge is 0.325 e. The first kappa shape index (κ1) is 16.4. The van der Waals surface area contributed by atoms with Crippen molar-refractivity contribution in [3.05, 3.63) is 55.7 Å². The van der Waals surface area contributed by atoms with Gasteiger partial charge in [-0.05, 0) is 30.6 Å². The minimum Gasteiger partial charge on any atom is -0.325 e. The lowest BCUT2D eigenvalue weighted by Crippen LogP contribution is -2.29. The first-order valence-corrected chi connectivity index (χ1v) is 7.66. The Morgan fingerprint density at radius 3 is 2.86 bits per heavy atom. The highest BCUT2D eigenvalue weighted by atomic mass is 35.5. The average Bonchev–Trinajstić information content (AvgIpc) is 2.93. The van der Waals surface area contributed by atoms with E-state index in [1.165, 1.54) is 18.2 Å². The van der Waals surface area contributed by atoms with Crippen molar-refractivity contribution in [3.63, 3.8) is 0 Å². The monoisotopic (exact) mass is 339 g/mol. The summed E-state index contributed by atoms with van der Waals surface area (Å²) in [5.41, 5.74) is 0.122. The molecule has 1 amide bonds. The average molecular weight is 340 g/mol. The third kappa shape index (κ3) is 4.52. The molecule has 0 aliphatic carbocycles. The van der Waals surface area contributed by atoms with E-state index in [4.69, 9.17) is 11.6 Å². The summed E-state index contributed by atoms with van der Waals surface area (Å²) in [6.07, 6.45) is 0. The topological polar surface area (TPSA) is 75.5 Å². The number of nitro benzene ring substituents is 1. The zero-order chi connectivity index (χ0) is 16.1. The maximum atomic E-state index is 12.0. The fourth-order valence-electron chi connectivity index (χ4n) is 1.90. The van der Waals surface area contributed by atoms with Crippen LogP contribution in [0.3, 0.4) is 0 Å². The summed E-state index contributed by atoms with van der Waals surface area (Å²) in [5, 5.41) is 15.5. The van der Waals surface area contributed by atoms with E-state index in [1.54, 1.807) is 11.3 Å². The second-order valence-corrected chi connectivity index (χ2v) is 6.16. The van der Waals surface area contributed by atoms with Crippen molar-refractivity contribution in [1.82, 2.24) is 4.90 Å². The number of nitro groups is 1. The smallest absolute Gasteiger partial charge is 0.289 e. The summed E-state index contributed by atoms with van der Waals surface area (Å²) >= 11 is 7.36. The van der Waals surface area contributed by atoms with E-state index in [9.17, 15) is 14.9 Å². The summed E-state index contributed by atoms with van der Waals surface area (Å²) in [4.78, 5) is 25.2. The molecule has 0 saturated heterocycles. The first-order chi connectivity index (χ1) is 10.5. The Bertz CT molecular complexity index is 676. The predicted molar refractivity (Wildman–Crippen MR) is 87.4 cm³/mol. The molecule has 1 N–H and O–H groups in total. The van der Waals surface area contributed by atoms with Gasteiger partial charge in [0.25, 0.3) is 5.69 Å². The number of carbonyl (C=O) groups excluding carboxylic acids is 1. The minimum absolute atomic E-state index is 0.0396. The van der Waals surface area contributed by atoms with Crippen LogP contribution in [0.2, 0.25) is 5.02 Å². The van der Waals surface area contributed by atoms with Crippen LogP contribution in [-0.2, 0) is 11.3 Å². The molecule has 0 fully saturated rings. The molecule has 8 heteroatoms. The van der Waals surface area contributed by atoms with Crippen molar-refractivity contribution >= 4 is 40.2 Å². The molecule has 0 bridgehead atoms. The molecule has 0 saturated carbocycles. The van der Waals surface area contributed by atoms with Crippen molar-refractivity contribution in [1.29, 1.82) is 0 Å². The Kier molecular flexibility index (Phi) is 5.48. The van der Waals surface area contributed by atoms with Gasteiger partial charge in [0, 0.05) is 23.2 Å². The van der Waals surface area contributed by atoms with Gasteiger partial charge in [0.05, 0.1) is 11.5 Å². The fraction of sp³-hybridized carbons (Fsp3) is 0.214. The zero-order valence-electron chi connectivity index (χ0n) is 11.8. The summed E-state index contributed by atoms with van der Waals surface area (Å²) in [5.74, 6) is -0.240. The van der Waals surface area contributed by atoms with Crippen LogP contribution in [0.15, 0.2) is 35.7 Å². The van der Waals surface area contributed by atoms with Crippen molar-refractivity contribution in [2.75, 3.05) is 18.9 Å². The number of likely N-dealkylation sites (N-methyl/N-ethyl adjacent to an activating group) is 1. The highest BCUT2D eigenvalue weighted by molar-refractivity contribution is 7.09. The van der Waals surface area contributed by atoms with E-state index in [0.717, 1.165) is 4.88 Å². The van der Waals surface area contributed by atoms with E-state index in [0.29, 0.717) is 12.2 Å². The van der Waals surface area contributed by atoms with E-state index < -0.39 is 4.92 Å². The molecule has 0 radical (unpaired) electrons. The number of nitrogens with zero attached hydrogens (tertiary/aromatic N) is 2. The number of amides is 1. The third-order valence-electron chi connectivity index (χ3n) is 2.85. The Balaban J connectivity index is 1.94. The predicted octanol–water partition coefficient (Wildman–Crippen LogP) is 3.38. The molecule has 1 aromatic carbocycles. The summed E-state index contributed by atoms with van der Waals surface area (Å²) < 4.78 is 0. The second kappa shape index (κ2) is 7.35. The molecule has 116 valence electrons. The molecule has 0 aliphatic heterocycles. The van der Waals surface area contributed by atoms with Crippen LogP contribution in [0, 0.1) is 10.1 Å². The quantitative estimate of drug-likeness (QED) is 0.646. The van der Waals surface area contributed by atoms with Gasteiger partial charge in [0.1, 0.15) is 5.02 Å². The number of anilines is 1. The van der Waals surface area contributed by atoms with Gasteiger partial charge in [0.2, 0.25) is 5.91 Å². The van der Waals surface area contributed by atoms with Crippen LogP contribution in [0.4, 0.5) is 11.4 Å². The van der Waals surface area contributed by atoms with Gasteiger partial charge >= 0.3 is 0 Å². The van der Waals surface area contributed by atoms with E-state index in [2.05, 4.69) is 5.32 Å². The molecule has 1 heterocycles. The summed E-state index contributed by atoms with van der Waals surface area (Å²) in [6.45, 7) is 0.861. The molecule has 0 unspecified atom stereocenters. The molecule has 0 spiro atoms. The molecular formula is C14H14ClN3O3S. The van der Waals surface area contributed by atoms with Gasteiger partial charge in [0.15, 0.2) is 0 Å². The number of hydrogen-bond donors (Lipinski definition) is 1. The van der Waals surface area contributed by atoms with E-state index in [1.807, 2.05) is 29.5 Å². The molecule has 2 rings (SSSR count). The molecule has 6 nitrogen and oxygen atoms in total. The number of benzene rings is 1. The van der Waals surface area contributed by atoms with Crippen molar-refractivity contribution in [2.45, 2.75) is 6.54 Å². The maximum absolute atomic E-state index is 12.0. The van der Waals surface area contributed by atoms with E-state index in [-0.39, 0.29) is 23.2 Å². The third-order valence-corrected chi connectivity index (χ3v) is 4.03. The number of rotatable bonds is 6. The van der Waals surface area contributed by atoms with Crippen LogP contribution < -0.4 is 5.32 Å². The van der Waals surface area contributed by atoms with Crippen LogP contribution >= 0.6 is 22.9 Å². The standard InChI is InChI=1S/C14H14ClN3O3S/c1-17(8-11-3-2-6-22-11)9-14(19)16-10-4-5-12(15)13(7-10)18(20)21/h2-7H,8-9H2,1H3,(H,16,19). The number of halogens is 1. The normalized spacial score (nSPS) is 10.7. The molecule has 0 atom stereocenters. The highest BCUT2D eigenvalue weighted by Gasteiger charge is 2.14. The van der Waals surface area contributed by atoms with Gasteiger partial charge in [-0.15, -0.1) is 11.3 Å². The van der Waals surface area contributed by atoms with Crippen molar-refractivity contribution in [3.8, 4) is 0 Å². The number of nitrogens with one attached hydrogen (secondary N) is 1. The number of thiophene rings is 1. The first-order valence-electron chi connectivity index (χ1n) is 6.40. The van der Waals surface area contributed by atoms with Crippen LogP contribution in [0.25, 0.3) is 0 Å². The van der Waals surface area contributed by atoms with Crippen molar-refractivity contribution < 1.29 is 9.72 Å². The lowest BCUT2D eigenvalue weighted by Gasteiger charge is -2.15. The lowest BCUT2D eigenvalue weighted by atomic mass is 10.2. The Hall–Kier alpha value is -1.96. The van der Waals surface area contributed by atoms with Gasteiger partial charge in [-0.2, -0.15) is 0 Å². The number of carbonyl (C=O) groups is 1. The van der Waals surface area contributed by atoms with Gasteiger partial charge < -0.3 is 5.32 Å². The Morgan fingerprint density at radius 2 is 2.23 bits per heavy atom. The molecular weight excluding hydrogens is 326 g/mol. The molecule has 22 heavy (non-hydrogen) atoms. The van der Waals surface area contributed by atoms with Gasteiger partial charge in [-0.25, -0.2) is 0 Å². The van der Waals surface area contributed by atoms with Gasteiger partial charge in [-0.1, -0.05) is 17.7 Å². The molecule has 2 aromatic rings. The Labute approximate surface area is 136 Å². The van der Waals surface area contributed by atoms with Crippen molar-refractivity contribution in [2.24, 2.45) is 0 Å². The summed E-state index contributed by atoms with van der Waals surface area (Å²) in [6, 6.07) is 8.14. The van der Waals surface area contributed by atoms with Crippen LogP contribution in [0.5, 0.6) is 0 Å². The second-order valence-electron chi connectivity index (χ2n) is 4.72. The fourth-order valence-corrected chi connectivity index (χ4v) is 2.87. The molecule has 1 aromatic heterocycles. The van der Waals surface area contributed by atoms with Crippen LogP contribution in [-0.4, -0.2) is 29.3 Å². The zero-order valence-corrected chi connectivity index (χ0v) is 13.4. The lowest BCUT2D eigenvalue weighted by molar-refractivity contribution is -0.384. The SMILES string of the molecule is CN(CC(=O)Nc1ccc(Cl)c([N+](=O)[O-])c1)Cc1cccs1. The Morgan fingerprint density at radius 1 is 1.45 bits per heavy atom. The molecule has 0 aliphatic rings. The maximum Gasteiger partial charge on any atom is 0.289 e. The van der Waals surface area contributed by atoms with E-state index >= 15 is 0 Å². The highest BCUT2D eigenvalue weighted by Crippen LogP contribution is 2.27.